The van der Waals surface area contributed by atoms with Gasteiger partial charge in [-0.2, -0.15) is 0 Å². The molecule has 2 bridgehead atoms. The van der Waals surface area contributed by atoms with Crippen molar-refractivity contribution in [1.29, 1.82) is 0 Å². The van der Waals surface area contributed by atoms with Gasteiger partial charge in [0.2, 0.25) is 5.91 Å². The molecular formula is C12H20N2O. The smallest absolute Gasteiger partial charge is 0.234 e. The summed E-state index contributed by atoms with van der Waals surface area (Å²) in [6.45, 7) is 2.02. The highest BCUT2D eigenvalue weighted by Gasteiger charge is 2.65. The third-order valence-electron chi connectivity index (χ3n) is 4.88. The maximum atomic E-state index is 11.2. The molecule has 0 aromatic carbocycles. The summed E-state index contributed by atoms with van der Waals surface area (Å²) in [6, 6.07) is 0.522. The second kappa shape index (κ2) is 3.21. The maximum absolute atomic E-state index is 11.2. The lowest BCUT2D eigenvalue weighted by molar-refractivity contribution is -0.120. The minimum Gasteiger partial charge on any atom is -0.368 e. The van der Waals surface area contributed by atoms with E-state index in [4.69, 9.17) is 5.73 Å². The van der Waals surface area contributed by atoms with Crippen LogP contribution in [-0.2, 0) is 4.79 Å². The summed E-state index contributed by atoms with van der Waals surface area (Å²) >= 11 is 0. The van der Waals surface area contributed by atoms with Crippen LogP contribution in [0.3, 0.4) is 0 Å². The molecule has 3 fully saturated rings. The molecule has 3 saturated carbocycles. The minimum absolute atomic E-state index is 0.0972. The molecule has 3 nitrogen and oxygen atoms in total. The third-order valence-corrected chi connectivity index (χ3v) is 4.88. The number of hydrogen-bond donors (Lipinski definition) is 2. The Labute approximate surface area is 90.8 Å². The second-order valence-electron chi connectivity index (χ2n) is 5.54. The van der Waals surface area contributed by atoms with E-state index in [1.54, 1.807) is 0 Å². The van der Waals surface area contributed by atoms with Crippen LogP contribution in [-0.4, -0.2) is 18.0 Å². The highest BCUT2D eigenvalue weighted by molar-refractivity contribution is 5.79. The zero-order valence-corrected chi connectivity index (χ0v) is 9.28. The van der Waals surface area contributed by atoms with E-state index in [0.717, 1.165) is 30.1 Å². The second-order valence-corrected chi connectivity index (χ2v) is 5.54. The lowest BCUT2D eigenvalue weighted by Gasteiger charge is -2.16. The topological polar surface area (TPSA) is 55.1 Å². The van der Waals surface area contributed by atoms with E-state index < -0.39 is 0 Å². The lowest BCUT2D eigenvalue weighted by atomic mass is 10.0. The van der Waals surface area contributed by atoms with Crippen molar-refractivity contribution in [3.63, 3.8) is 0 Å². The van der Waals surface area contributed by atoms with Gasteiger partial charge in [0.1, 0.15) is 0 Å². The first kappa shape index (κ1) is 9.64. The van der Waals surface area contributed by atoms with E-state index in [1.165, 1.54) is 19.3 Å². The Morgan fingerprint density at radius 2 is 2.00 bits per heavy atom. The van der Waals surface area contributed by atoms with Crippen LogP contribution in [0.5, 0.6) is 0 Å². The molecule has 5 atom stereocenters. The fourth-order valence-corrected chi connectivity index (χ4v) is 4.18. The zero-order chi connectivity index (χ0) is 10.6. The molecule has 3 rings (SSSR count). The number of primary amides is 1. The van der Waals surface area contributed by atoms with E-state index in [0.29, 0.717) is 6.04 Å². The quantitative estimate of drug-likeness (QED) is 0.720. The Morgan fingerprint density at radius 1 is 1.40 bits per heavy atom. The summed E-state index contributed by atoms with van der Waals surface area (Å²) in [5.74, 6) is 3.51. The number of hydrogen-bond acceptors (Lipinski definition) is 2. The van der Waals surface area contributed by atoms with Gasteiger partial charge in [0.15, 0.2) is 0 Å². The highest BCUT2D eigenvalue weighted by Crippen LogP contribution is 2.65. The monoisotopic (exact) mass is 208 g/mol. The van der Waals surface area contributed by atoms with Crippen molar-refractivity contribution in [2.45, 2.75) is 44.7 Å². The van der Waals surface area contributed by atoms with Crippen molar-refractivity contribution in [2.24, 2.45) is 29.4 Å². The first-order chi connectivity index (χ1) is 7.22. The van der Waals surface area contributed by atoms with Crippen molar-refractivity contribution >= 4 is 5.91 Å². The van der Waals surface area contributed by atoms with Gasteiger partial charge in [-0.15, -0.1) is 0 Å². The lowest BCUT2D eigenvalue weighted by Crippen LogP contribution is -2.43. The molecule has 1 amide bonds. The molecule has 3 N–H and O–H groups in total. The van der Waals surface area contributed by atoms with Gasteiger partial charge in [0, 0.05) is 6.04 Å². The molecule has 3 heteroatoms. The van der Waals surface area contributed by atoms with Gasteiger partial charge < -0.3 is 11.1 Å². The average Bonchev–Trinajstić information content (AvgIpc) is 2.61. The summed E-state index contributed by atoms with van der Waals surface area (Å²) in [7, 11) is 0. The number of amides is 1. The predicted octanol–water partition coefficient (Wildman–Crippen LogP) is 0.884. The van der Waals surface area contributed by atoms with Crippen molar-refractivity contribution in [3.05, 3.63) is 0 Å². The van der Waals surface area contributed by atoms with Gasteiger partial charge in [-0.1, -0.05) is 6.92 Å². The molecule has 3 aliphatic rings. The summed E-state index contributed by atoms with van der Waals surface area (Å²) < 4.78 is 0. The average molecular weight is 208 g/mol. The molecule has 0 heterocycles. The van der Waals surface area contributed by atoms with E-state index in [9.17, 15) is 4.79 Å². The Hall–Kier alpha value is -0.570. The maximum Gasteiger partial charge on any atom is 0.234 e. The van der Waals surface area contributed by atoms with Crippen LogP contribution in [0.2, 0.25) is 0 Å². The summed E-state index contributed by atoms with van der Waals surface area (Å²) in [5.41, 5.74) is 5.36. The fraction of sp³-hybridized carbons (Fsp3) is 0.917. The van der Waals surface area contributed by atoms with Gasteiger partial charge in [-0.25, -0.2) is 0 Å². The highest BCUT2D eigenvalue weighted by atomic mass is 16.1. The van der Waals surface area contributed by atoms with Gasteiger partial charge >= 0.3 is 0 Å². The van der Waals surface area contributed by atoms with E-state index in [1.807, 2.05) is 6.92 Å². The van der Waals surface area contributed by atoms with Crippen LogP contribution in [0.4, 0.5) is 0 Å². The van der Waals surface area contributed by atoms with Gasteiger partial charge in [0.05, 0.1) is 6.04 Å². The van der Waals surface area contributed by atoms with E-state index in [2.05, 4.69) is 5.32 Å². The van der Waals surface area contributed by atoms with Crippen molar-refractivity contribution < 1.29 is 4.79 Å². The number of carbonyl (C=O) groups excluding carboxylic acids is 1. The van der Waals surface area contributed by atoms with Gasteiger partial charge in [-0.05, 0) is 49.4 Å². The van der Waals surface area contributed by atoms with Crippen LogP contribution < -0.4 is 11.1 Å². The molecule has 3 aliphatic carbocycles. The van der Waals surface area contributed by atoms with Crippen molar-refractivity contribution in [2.75, 3.05) is 0 Å². The van der Waals surface area contributed by atoms with Crippen LogP contribution in [0.15, 0.2) is 0 Å². The van der Waals surface area contributed by atoms with Crippen LogP contribution >= 0.6 is 0 Å². The summed E-state index contributed by atoms with van der Waals surface area (Å²) in [5, 5.41) is 3.47. The normalized spacial score (nSPS) is 47.7. The molecule has 0 aliphatic heterocycles. The number of fused-ring (bicyclic) bond motifs is 5. The molecule has 0 radical (unpaired) electrons. The van der Waals surface area contributed by atoms with Crippen LogP contribution in [0.1, 0.15) is 32.6 Å². The molecule has 0 saturated heterocycles. The Bertz CT molecular complexity index is 275. The first-order valence-electron chi connectivity index (χ1n) is 6.27. The van der Waals surface area contributed by atoms with Crippen molar-refractivity contribution in [1.82, 2.24) is 5.32 Å². The van der Waals surface area contributed by atoms with Crippen LogP contribution in [0.25, 0.3) is 0 Å². The van der Waals surface area contributed by atoms with E-state index >= 15 is 0 Å². The predicted molar refractivity (Wildman–Crippen MR) is 58.0 cm³/mol. The number of nitrogens with one attached hydrogen (secondary N) is 1. The standard InChI is InChI=1S/C12H20N2O/c1-2-8(12(13)15)14-11-9-6-3-4-7(5-6)10(9)11/h6-11,14H,2-5H2,1H3,(H2,13,15). The number of nitrogens with two attached hydrogens (primary N) is 1. The summed E-state index contributed by atoms with van der Waals surface area (Å²) in [4.78, 5) is 11.2. The van der Waals surface area contributed by atoms with Gasteiger partial charge in [0.25, 0.3) is 0 Å². The van der Waals surface area contributed by atoms with Gasteiger partial charge in [-0.3, -0.25) is 4.79 Å². The Kier molecular flexibility index (Phi) is 2.06. The SMILES string of the molecule is CCC(NC1C2C3CCC(C3)C12)C(N)=O. The third kappa shape index (κ3) is 1.32. The Morgan fingerprint density at radius 3 is 2.47 bits per heavy atom. The summed E-state index contributed by atoms with van der Waals surface area (Å²) in [6.07, 6.45) is 5.14. The minimum atomic E-state index is -0.185. The van der Waals surface area contributed by atoms with Crippen LogP contribution in [0, 0.1) is 23.7 Å². The molecule has 0 spiro atoms. The van der Waals surface area contributed by atoms with E-state index in [-0.39, 0.29) is 11.9 Å². The molecule has 84 valence electrons. The molecule has 0 aromatic rings. The zero-order valence-electron chi connectivity index (χ0n) is 9.28. The molecule has 5 unspecified atom stereocenters. The number of rotatable bonds is 4. The molecular weight excluding hydrogens is 188 g/mol. The van der Waals surface area contributed by atoms with Crippen molar-refractivity contribution in [3.8, 4) is 0 Å². The Balaban J connectivity index is 1.61. The molecule has 0 aromatic heterocycles. The number of carbonyl (C=O) groups is 1. The molecule has 15 heavy (non-hydrogen) atoms. The largest absolute Gasteiger partial charge is 0.368 e. The first-order valence-corrected chi connectivity index (χ1v) is 6.27. The fourth-order valence-electron chi connectivity index (χ4n) is 4.18.